The topological polar surface area (TPSA) is 57.6 Å². The van der Waals surface area contributed by atoms with E-state index in [2.05, 4.69) is 0 Å². The van der Waals surface area contributed by atoms with Gasteiger partial charge in [0.2, 0.25) is 0 Å². The molecule has 0 aromatic heterocycles. The van der Waals surface area contributed by atoms with Crippen LogP contribution in [-0.4, -0.2) is 16.8 Å². The number of ketones is 1. The van der Waals surface area contributed by atoms with Gasteiger partial charge in [-0.3, -0.25) is 14.5 Å². The zero-order valence-corrected chi connectivity index (χ0v) is 16.1. The van der Waals surface area contributed by atoms with Crippen LogP contribution >= 0.6 is 11.6 Å². The van der Waals surface area contributed by atoms with E-state index in [4.69, 9.17) is 11.6 Å². The molecule has 1 atom stereocenters. The summed E-state index contributed by atoms with van der Waals surface area (Å²) < 4.78 is 26.7. The zero-order valence-electron chi connectivity index (χ0n) is 15.4. The van der Waals surface area contributed by atoms with Crippen LogP contribution in [0.15, 0.2) is 78.4 Å². The number of aliphatic hydroxyl groups is 1. The Morgan fingerprint density at radius 1 is 0.833 bits per heavy atom. The van der Waals surface area contributed by atoms with E-state index in [1.54, 1.807) is 24.3 Å². The lowest BCUT2D eigenvalue weighted by atomic mass is 9.95. The molecule has 150 valence electrons. The predicted octanol–water partition coefficient (Wildman–Crippen LogP) is 5.24. The molecule has 4 rings (SSSR count). The minimum absolute atomic E-state index is 0.154. The number of aliphatic hydroxyl groups excluding tert-OH is 1. The fraction of sp³-hybridized carbons (Fsp3) is 0.0435. The van der Waals surface area contributed by atoms with Crippen LogP contribution in [0.3, 0.4) is 0 Å². The molecule has 1 fully saturated rings. The zero-order chi connectivity index (χ0) is 21.4. The van der Waals surface area contributed by atoms with Gasteiger partial charge in [-0.25, -0.2) is 8.78 Å². The van der Waals surface area contributed by atoms with Gasteiger partial charge in [-0.05, 0) is 66.2 Å². The molecule has 7 heteroatoms. The Bertz CT molecular complexity index is 1160. The molecular formula is C23H14ClF2NO3. The van der Waals surface area contributed by atoms with Gasteiger partial charge in [0, 0.05) is 16.3 Å². The maximum atomic E-state index is 13.4. The van der Waals surface area contributed by atoms with Crippen molar-refractivity contribution in [2.45, 2.75) is 6.04 Å². The average molecular weight is 426 g/mol. The number of amides is 1. The number of benzene rings is 3. The lowest BCUT2D eigenvalue weighted by Crippen LogP contribution is -2.29. The fourth-order valence-corrected chi connectivity index (χ4v) is 3.55. The van der Waals surface area contributed by atoms with Crippen molar-refractivity contribution in [1.29, 1.82) is 0 Å². The monoisotopic (exact) mass is 425 g/mol. The summed E-state index contributed by atoms with van der Waals surface area (Å²) in [6.07, 6.45) is 0. The first kappa shape index (κ1) is 19.8. The Labute approximate surface area is 175 Å². The van der Waals surface area contributed by atoms with Crippen LogP contribution in [-0.2, 0) is 9.59 Å². The summed E-state index contributed by atoms with van der Waals surface area (Å²) in [7, 11) is 0. The van der Waals surface area contributed by atoms with Gasteiger partial charge in [0.1, 0.15) is 17.4 Å². The largest absolute Gasteiger partial charge is 0.507 e. The lowest BCUT2D eigenvalue weighted by Gasteiger charge is -2.25. The minimum Gasteiger partial charge on any atom is -0.507 e. The van der Waals surface area contributed by atoms with Crippen molar-refractivity contribution >= 4 is 34.7 Å². The first-order chi connectivity index (χ1) is 14.4. The number of halogens is 3. The first-order valence-electron chi connectivity index (χ1n) is 8.95. The van der Waals surface area contributed by atoms with E-state index in [1.807, 2.05) is 0 Å². The van der Waals surface area contributed by atoms with E-state index in [9.17, 15) is 23.5 Å². The molecule has 0 bridgehead atoms. The summed E-state index contributed by atoms with van der Waals surface area (Å²) in [5.74, 6) is -3.21. The number of hydrogen-bond acceptors (Lipinski definition) is 3. The maximum absolute atomic E-state index is 13.4. The maximum Gasteiger partial charge on any atom is 0.300 e. The molecule has 1 unspecified atom stereocenters. The number of hydrogen-bond donors (Lipinski definition) is 1. The Kier molecular flexibility index (Phi) is 5.10. The molecule has 1 aliphatic heterocycles. The predicted molar refractivity (Wildman–Crippen MR) is 109 cm³/mol. The molecule has 4 nitrogen and oxygen atoms in total. The Balaban J connectivity index is 1.93. The molecule has 1 N–H and O–H groups in total. The highest BCUT2D eigenvalue weighted by Crippen LogP contribution is 2.42. The van der Waals surface area contributed by atoms with E-state index < -0.39 is 35.1 Å². The summed E-state index contributed by atoms with van der Waals surface area (Å²) in [6.45, 7) is 0. The van der Waals surface area contributed by atoms with Crippen LogP contribution in [0.5, 0.6) is 0 Å². The number of anilines is 1. The summed E-state index contributed by atoms with van der Waals surface area (Å²) in [6, 6.07) is 15.5. The van der Waals surface area contributed by atoms with Gasteiger partial charge in [0.25, 0.3) is 11.7 Å². The first-order valence-corrected chi connectivity index (χ1v) is 9.32. The normalized spacial score (nSPS) is 18.1. The second-order valence-corrected chi connectivity index (χ2v) is 7.14. The third-order valence-electron chi connectivity index (χ3n) is 4.85. The Morgan fingerprint density at radius 3 is 1.93 bits per heavy atom. The van der Waals surface area contributed by atoms with Crippen molar-refractivity contribution in [2.24, 2.45) is 0 Å². The highest BCUT2D eigenvalue weighted by Gasteiger charge is 2.46. The molecule has 0 radical (unpaired) electrons. The van der Waals surface area contributed by atoms with Gasteiger partial charge >= 0.3 is 0 Å². The van der Waals surface area contributed by atoms with Crippen LogP contribution in [0.1, 0.15) is 17.2 Å². The number of rotatable bonds is 3. The Hall–Kier alpha value is -3.51. The third-order valence-corrected chi connectivity index (χ3v) is 5.10. The van der Waals surface area contributed by atoms with Gasteiger partial charge < -0.3 is 5.11 Å². The molecule has 1 saturated heterocycles. The summed E-state index contributed by atoms with van der Waals surface area (Å²) in [5, 5.41) is 11.3. The average Bonchev–Trinajstić information content (AvgIpc) is 3.00. The molecular weight excluding hydrogens is 412 g/mol. The number of nitrogens with zero attached hydrogens (tertiary/aromatic N) is 1. The van der Waals surface area contributed by atoms with Gasteiger partial charge in [-0.15, -0.1) is 0 Å². The molecule has 1 amide bonds. The van der Waals surface area contributed by atoms with Crippen LogP contribution in [0.25, 0.3) is 5.76 Å². The van der Waals surface area contributed by atoms with Crippen molar-refractivity contribution in [3.05, 3.63) is 106 Å². The molecule has 0 spiro atoms. The van der Waals surface area contributed by atoms with Crippen molar-refractivity contribution < 1.29 is 23.5 Å². The van der Waals surface area contributed by atoms with E-state index in [1.165, 1.54) is 41.3 Å². The highest BCUT2D eigenvalue weighted by molar-refractivity contribution is 6.51. The summed E-state index contributed by atoms with van der Waals surface area (Å²) in [4.78, 5) is 27.0. The van der Waals surface area contributed by atoms with E-state index in [0.29, 0.717) is 10.6 Å². The SMILES string of the molecule is O=C1C(=O)N(c2ccc(F)cc2)C(c2ccc(Cl)cc2)/C1=C(\O)c1ccc(F)cc1. The van der Waals surface area contributed by atoms with Gasteiger partial charge in [-0.1, -0.05) is 23.7 Å². The highest BCUT2D eigenvalue weighted by atomic mass is 35.5. The standard InChI is InChI=1S/C23H14ClF2NO3/c24-15-5-1-13(2-6-15)20-19(21(28)14-3-7-16(25)8-4-14)22(29)23(30)27(20)18-11-9-17(26)10-12-18/h1-12,20,28H/b21-19+. The van der Waals surface area contributed by atoms with E-state index >= 15 is 0 Å². The van der Waals surface area contributed by atoms with Crippen molar-refractivity contribution in [1.82, 2.24) is 0 Å². The molecule has 30 heavy (non-hydrogen) atoms. The van der Waals surface area contributed by atoms with Gasteiger partial charge in [-0.2, -0.15) is 0 Å². The molecule has 0 aliphatic carbocycles. The van der Waals surface area contributed by atoms with E-state index in [0.717, 1.165) is 12.1 Å². The molecule has 1 heterocycles. The van der Waals surface area contributed by atoms with Crippen LogP contribution in [0.2, 0.25) is 5.02 Å². The minimum atomic E-state index is -0.974. The van der Waals surface area contributed by atoms with Gasteiger partial charge in [0.15, 0.2) is 0 Å². The number of Topliss-reactive ketones (excluding diaryl/α,β-unsaturated/α-hetero) is 1. The second-order valence-electron chi connectivity index (χ2n) is 6.70. The summed E-state index contributed by atoms with van der Waals surface area (Å²) >= 11 is 5.97. The van der Waals surface area contributed by atoms with E-state index in [-0.39, 0.29) is 16.8 Å². The second kappa shape index (κ2) is 7.72. The number of carbonyl (C=O) groups excluding carboxylic acids is 2. The molecule has 0 saturated carbocycles. The molecule has 1 aliphatic rings. The van der Waals surface area contributed by atoms with Crippen molar-refractivity contribution in [3.8, 4) is 0 Å². The van der Waals surface area contributed by atoms with Crippen LogP contribution in [0, 0.1) is 11.6 Å². The van der Waals surface area contributed by atoms with Crippen molar-refractivity contribution in [2.75, 3.05) is 4.90 Å². The van der Waals surface area contributed by atoms with Crippen molar-refractivity contribution in [3.63, 3.8) is 0 Å². The fourth-order valence-electron chi connectivity index (χ4n) is 3.42. The lowest BCUT2D eigenvalue weighted by molar-refractivity contribution is -0.132. The van der Waals surface area contributed by atoms with Gasteiger partial charge in [0.05, 0.1) is 11.6 Å². The van der Waals surface area contributed by atoms with Crippen LogP contribution < -0.4 is 4.90 Å². The molecule has 3 aromatic rings. The quantitative estimate of drug-likeness (QED) is 0.354. The Morgan fingerprint density at radius 2 is 1.37 bits per heavy atom. The molecule has 3 aromatic carbocycles. The third kappa shape index (κ3) is 3.46. The smallest absolute Gasteiger partial charge is 0.300 e. The number of carbonyl (C=O) groups is 2. The van der Waals surface area contributed by atoms with Crippen LogP contribution in [0.4, 0.5) is 14.5 Å². The summed E-state index contributed by atoms with van der Waals surface area (Å²) in [5.41, 5.74) is 0.842.